The molecule has 0 bridgehead atoms. The van der Waals surface area contributed by atoms with Crippen molar-refractivity contribution in [2.75, 3.05) is 25.6 Å². The number of carbonyl (C=O) groups excluding carboxylic acids is 1. The van der Waals surface area contributed by atoms with Gasteiger partial charge in [-0.15, -0.1) is 0 Å². The van der Waals surface area contributed by atoms with Gasteiger partial charge in [0.2, 0.25) is 0 Å². The van der Waals surface area contributed by atoms with Gasteiger partial charge in [0, 0.05) is 12.7 Å². The summed E-state index contributed by atoms with van der Waals surface area (Å²) in [5.41, 5.74) is -0.568. The molecule has 4 nitrogen and oxygen atoms in total. The van der Waals surface area contributed by atoms with Gasteiger partial charge >= 0.3 is 6.18 Å². The van der Waals surface area contributed by atoms with Crippen molar-refractivity contribution < 1.29 is 27.4 Å². The van der Waals surface area contributed by atoms with E-state index in [4.69, 9.17) is 9.47 Å². The molecule has 3 aromatic carbocycles. The van der Waals surface area contributed by atoms with E-state index in [2.05, 4.69) is 5.32 Å². The quantitative estimate of drug-likeness (QED) is 0.594. The molecule has 0 unspecified atom stereocenters. The molecule has 0 fully saturated rings. The van der Waals surface area contributed by atoms with E-state index in [-0.39, 0.29) is 24.7 Å². The number of anilines is 1. The molecule has 0 saturated carbocycles. The van der Waals surface area contributed by atoms with E-state index in [0.717, 1.165) is 17.5 Å². The minimum atomic E-state index is -4.54. The Morgan fingerprint density at radius 2 is 1.75 bits per heavy atom. The molecule has 3 aromatic rings. The minimum absolute atomic E-state index is 0.0520. The van der Waals surface area contributed by atoms with Gasteiger partial charge < -0.3 is 14.8 Å². The van der Waals surface area contributed by atoms with Gasteiger partial charge in [-0.3, -0.25) is 4.79 Å². The van der Waals surface area contributed by atoms with Crippen molar-refractivity contribution in [2.45, 2.75) is 6.18 Å². The van der Waals surface area contributed by atoms with Gasteiger partial charge in [0.05, 0.1) is 17.9 Å². The van der Waals surface area contributed by atoms with Crippen LogP contribution in [0, 0.1) is 0 Å². The molecule has 0 heterocycles. The fourth-order valence-corrected chi connectivity index (χ4v) is 2.78. The predicted molar refractivity (Wildman–Crippen MR) is 101 cm³/mol. The van der Waals surface area contributed by atoms with Crippen molar-refractivity contribution in [3.63, 3.8) is 0 Å². The van der Waals surface area contributed by atoms with E-state index < -0.39 is 17.6 Å². The maximum Gasteiger partial charge on any atom is 0.416 e. The van der Waals surface area contributed by atoms with Crippen LogP contribution in [0.4, 0.5) is 18.9 Å². The summed E-state index contributed by atoms with van der Waals surface area (Å²) in [6, 6.07) is 15.5. The second-order valence-electron chi connectivity index (χ2n) is 6.03. The lowest BCUT2D eigenvalue weighted by atomic mass is 10.0. The molecular weight excluding hydrogens is 371 g/mol. The highest BCUT2D eigenvalue weighted by molar-refractivity contribution is 6.13. The monoisotopic (exact) mass is 389 g/mol. The molecular formula is C21H18F3NO3. The lowest BCUT2D eigenvalue weighted by Gasteiger charge is -2.16. The van der Waals surface area contributed by atoms with Crippen molar-refractivity contribution in [2.24, 2.45) is 0 Å². The Morgan fingerprint density at radius 1 is 1.00 bits per heavy atom. The number of nitrogens with one attached hydrogen (secondary N) is 1. The molecule has 146 valence electrons. The Balaban J connectivity index is 1.95. The number of carbonyl (C=O) groups is 1. The average Bonchev–Trinajstić information content (AvgIpc) is 2.68. The van der Waals surface area contributed by atoms with Gasteiger partial charge in [-0.05, 0) is 35.0 Å². The zero-order valence-corrected chi connectivity index (χ0v) is 15.0. The number of halogens is 3. The summed E-state index contributed by atoms with van der Waals surface area (Å²) in [7, 11) is 1.49. The molecule has 0 spiro atoms. The fourth-order valence-electron chi connectivity index (χ4n) is 2.78. The molecule has 0 atom stereocenters. The summed E-state index contributed by atoms with van der Waals surface area (Å²) in [5, 5.41) is 4.12. The average molecular weight is 389 g/mol. The van der Waals surface area contributed by atoms with E-state index >= 15 is 0 Å². The maximum atomic E-state index is 13.1. The van der Waals surface area contributed by atoms with Crippen LogP contribution in [0.5, 0.6) is 5.75 Å². The van der Waals surface area contributed by atoms with Crippen LogP contribution in [-0.2, 0) is 10.9 Å². The van der Waals surface area contributed by atoms with Crippen molar-refractivity contribution >= 4 is 22.4 Å². The number of amides is 1. The van der Waals surface area contributed by atoms with Crippen LogP contribution < -0.4 is 10.1 Å². The van der Waals surface area contributed by atoms with Crippen LogP contribution in [0.2, 0.25) is 0 Å². The number of benzene rings is 3. The Kier molecular flexibility index (Phi) is 5.84. The first kappa shape index (κ1) is 19.7. The molecule has 0 aliphatic carbocycles. The first-order valence-corrected chi connectivity index (χ1v) is 8.52. The van der Waals surface area contributed by atoms with Gasteiger partial charge in [-0.1, -0.05) is 36.4 Å². The fraction of sp³-hybridized carbons (Fsp3) is 0.190. The van der Waals surface area contributed by atoms with Gasteiger partial charge in [0.25, 0.3) is 5.91 Å². The van der Waals surface area contributed by atoms with E-state index in [9.17, 15) is 18.0 Å². The lowest BCUT2D eigenvalue weighted by molar-refractivity contribution is -0.137. The van der Waals surface area contributed by atoms with Crippen LogP contribution in [0.15, 0.2) is 60.7 Å². The van der Waals surface area contributed by atoms with Crippen molar-refractivity contribution in [3.05, 3.63) is 71.8 Å². The van der Waals surface area contributed by atoms with Gasteiger partial charge in [0.1, 0.15) is 12.4 Å². The summed E-state index contributed by atoms with van der Waals surface area (Å²) in [6.45, 7) is 0.400. The highest BCUT2D eigenvalue weighted by Crippen LogP contribution is 2.35. The summed E-state index contributed by atoms with van der Waals surface area (Å²) in [5.74, 6) is -0.383. The number of rotatable bonds is 6. The van der Waals surface area contributed by atoms with E-state index in [0.29, 0.717) is 10.9 Å². The van der Waals surface area contributed by atoms with E-state index in [1.165, 1.54) is 13.2 Å². The van der Waals surface area contributed by atoms with E-state index in [1.54, 1.807) is 24.3 Å². The maximum absolute atomic E-state index is 13.1. The predicted octanol–water partition coefficient (Wildman–Crippen LogP) is 5.14. The van der Waals surface area contributed by atoms with Crippen molar-refractivity contribution in [1.82, 2.24) is 0 Å². The zero-order chi connectivity index (χ0) is 20.1. The number of hydrogen-bond acceptors (Lipinski definition) is 3. The smallest absolute Gasteiger partial charge is 0.416 e. The SMILES string of the molecule is COCCOc1ccc(C(F)(F)F)cc1NC(=O)c1cccc2ccccc12. The second kappa shape index (κ2) is 8.31. The molecule has 1 amide bonds. The van der Waals surface area contributed by atoms with E-state index in [1.807, 2.05) is 18.2 Å². The molecule has 0 saturated heterocycles. The molecule has 0 aromatic heterocycles. The highest BCUT2D eigenvalue weighted by atomic mass is 19.4. The summed E-state index contributed by atoms with van der Waals surface area (Å²) < 4.78 is 49.7. The Labute approximate surface area is 159 Å². The number of alkyl halides is 3. The van der Waals surface area contributed by atoms with Gasteiger partial charge in [-0.25, -0.2) is 0 Å². The topological polar surface area (TPSA) is 47.6 Å². The van der Waals surface area contributed by atoms with Crippen molar-refractivity contribution in [3.8, 4) is 5.75 Å². The minimum Gasteiger partial charge on any atom is -0.489 e. The first-order valence-electron chi connectivity index (χ1n) is 8.52. The molecule has 0 aliphatic rings. The summed E-state index contributed by atoms with van der Waals surface area (Å²) in [4.78, 5) is 12.8. The van der Waals surface area contributed by atoms with Crippen molar-refractivity contribution in [1.29, 1.82) is 0 Å². The normalized spacial score (nSPS) is 11.4. The standard InChI is InChI=1S/C21H18F3NO3/c1-27-11-12-28-19-10-9-15(21(22,23)24)13-18(19)25-20(26)17-8-4-6-14-5-2-3-7-16(14)17/h2-10,13H,11-12H2,1H3,(H,25,26). The van der Waals surface area contributed by atoms with Crippen LogP contribution >= 0.6 is 0 Å². The Hall–Kier alpha value is -3.06. The summed E-state index contributed by atoms with van der Waals surface area (Å²) >= 11 is 0. The third-order valence-electron chi connectivity index (χ3n) is 4.13. The number of fused-ring (bicyclic) bond motifs is 1. The van der Waals surface area contributed by atoms with Crippen LogP contribution in [-0.4, -0.2) is 26.2 Å². The van der Waals surface area contributed by atoms with Gasteiger partial charge in [0.15, 0.2) is 0 Å². The number of hydrogen-bond donors (Lipinski definition) is 1. The molecule has 1 N–H and O–H groups in total. The second-order valence-corrected chi connectivity index (χ2v) is 6.03. The Bertz CT molecular complexity index is 981. The zero-order valence-electron chi connectivity index (χ0n) is 15.0. The Morgan fingerprint density at radius 3 is 2.50 bits per heavy atom. The molecule has 0 radical (unpaired) electrons. The molecule has 3 rings (SSSR count). The number of ether oxygens (including phenoxy) is 2. The van der Waals surface area contributed by atoms with Crippen LogP contribution in [0.1, 0.15) is 15.9 Å². The lowest BCUT2D eigenvalue weighted by Crippen LogP contribution is -2.15. The highest BCUT2D eigenvalue weighted by Gasteiger charge is 2.31. The summed E-state index contributed by atoms with van der Waals surface area (Å²) in [6.07, 6.45) is -4.54. The van der Waals surface area contributed by atoms with Crippen LogP contribution in [0.3, 0.4) is 0 Å². The molecule has 0 aliphatic heterocycles. The largest absolute Gasteiger partial charge is 0.489 e. The first-order chi connectivity index (χ1) is 13.4. The molecule has 7 heteroatoms. The third-order valence-corrected chi connectivity index (χ3v) is 4.13. The van der Waals surface area contributed by atoms with Gasteiger partial charge in [-0.2, -0.15) is 13.2 Å². The molecule has 28 heavy (non-hydrogen) atoms. The third kappa shape index (κ3) is 4.43. The number of methoxy groups -OCH3 is 1. The van der Waals surface area contributed by atoms with Crippen LogP contribution in [0.25, 0.3) is 10.8 Å².